The first-order chi connectivity index (χ1) is 17.5. The van der Waals surface area contributed by atoms with Gasteiger partial charge in [-0.05, 0) is 49.6 Å². The fourth-order valence-corrected chi connectivity index (χ4v) is 6.35. The number of halogens is 1. The van der Waals surface area contributed by atoms with Gasteiger partial charge >= 0.3 is 0 Å². The Morgan fingerprint density at radius 1 is 1.17 bits per heavy atom. The quantitative estimate of drug-likeness (QED) is 0.521. The second-order valence-electron chi connectivity index (χ2n) is 9.02. The molecule has 2 fully saturated rings. The molecule has 188 valence electrons. The number of rotatable bonds is 6. The van der Waals surface area contributed by atoms with Crippen molar-refractivity contribution >= 4 is 50.5 Å². The molecule has 1 aromatic heterocycles. The molecule has 3 heterocycles. The maximum atomic E-state index is 14.1. The molecule has 5 rings (SSSR count). The van der Waals surface area contributed by atoms with Gasteiger partial charge in [-0.3, -0.25) is 9.59 Å². The first kappa shape index (κ1) is 24.3. The summed E-state index contributed by atoms with van der Waals surface area (Å²) in [5, 5.41) is 4.09. The largest absolute Gasteiger partial charge is 0.481 e. The number of likely N-dealkylation sites (tertiary alicyclic amines) is 1. The number of hydrogen-bond donors (Lipinski definition) is 1. The zero-order chi connectivity index (χ0) is 25.1. The van der Waals surface area contributed by atoms with Crippen LogP contribution in [-0.4, -0.2) is 57.8 Å². The lowest BCUT2D eigenvalue weighted by Crippen LogP contribution is -2.41. The number of amides is 1. The van der Waals surface area contributed by atoms with Crippen molar-refractivity contribution in [2.45, 2.75) is 32.6 Å². The summed E-state index contributed by atoms with van der Waals surface area (Å²) in [6, 6.07) is 8.15. The van der Waals surface area contributed by atoms with Crippen LogP contribution in [0.2, 0.25) is 0 Å². The number of aromatic nitrogens is 2. The molecule has 0 saturated carbocycles. The van der Waals surface area contributed by atoms with Gasteiger partial charge in [0.05, 0.1) is 16.9 Å². The number of hydrogen-bond acceptors (Lipinski definition) is 7. The summed E-state index contributed by atoms with van der Waals surface area (Å²) in [6.07, 6.45) is 4.67. The van der Waals surface area contributed by atoms with E-state index in [2.05, 4.69) is 15.3 Å². The number of nitrogens with zero attached hydrogens (tertiary/aromatic N) is 4. The van der Waals surface area contributed by atoms with E-state index in [1.807, 2.05) is 19.1 Å². The Bertz CT molecular complexity index is 1340. The minimum Gasteiger partial charge on any atom is -0.481 e. The van der Waals surface area contributed by atoms with Gasteiger partial charge in [0.1, 0.15) is 29.5 Å². The van der Waals surface area contributed by atoms with E-state index in [1.165, 1.54) is 31.3 Å². The lowest BCUT2D eigenvalue weighted by molar-refractivity contribution is -0.136. The van der Waals surface area contributed by atoms with Crippen LogP contribution in [0.25, 0.3) is 10.9 Å². The van der Waals surface area contributed by atoms with Crippen molar-refractivity contribution in [1.29, 1.82) is 0 Å². The molecule has 3 aromatic rings. The highest BCUT2D eigenvalue weighted by Gasteiger charge is 2.21. The van der Waals surface area contributed by atoms with Crippen LogP contribution in [0.5, 0.6) is 5.75 Å². The molecule has 0 atom stereocenters. The number of ketones is 1. The smallest absolute Gasteiger partial charge is 0.260 e. The lowest BCUT2D eigenvalue weighted by Gasteiger charge is -2.26. The van der Waals surface area contributed by atoms with Gasteiger partial charge in [0.25, 0.3) is 5.91 Å². The Morgan fingerprint density at radius 3 is 2.72 bits per heavy atom. The molecule has 2 saturated heterocycles. The minimum absolute atomic E-state index is 0.0844. The minimum atomic E-state index is -0.478. The Balaban J connectivity index is 1.37. The van der Waals surface area contributed by atoms with E-state index >= 15 is 0 Å². The Hall–Kier alpha value is -3.40. The van der Waals surface area contributed by atoms with Gasteiger partial charge in [0.15, 0.2) is 6.61 Å². The third kappa shape index (κ3) is 5.53. The van der Waals surface area contributed by atoms with Crippen LogP contribution < -0.4 is 10.1 Å². The molecule has 1 amide bonds. The van der Waals surface area contributed by atoms with Crippen molar-refractivity contribution < 1.29 is 18.7 Å². The molecule has 0 spiro atoms. The number of aryl methyl sites for hydroxylation is 1. The van der Waals surface area contributed by atoms with E-state index < -0.39 is 5.82 Å². The summed E-state index contributed by atoms with van der Waals surface area (Å²) < 4.78 is 24.7. The van der Waals surface area contributed by atoms with E-state index in [9.17, 15) is 14.0 Å². The van der Waals surface area contributed by atoms with Crippen LogP contribution in [0.1, 0.15) is 31.2 Å². The fraction of sp³-hybridized carbons (Fsp3) is 0.385. The van der Waals surface area contributed by atoms with Gasteiger partial charge in [-0.2, -0.15) is 0 Å². The molecule has 10 heteroatoms. The van der Waals surface area contributed by atoms with Crippen molar-refractivity contribution in [3.8, 4) is 5.75 Å². The van der Waals surface area contributed by atoms with Crippen LogP contribution >= 0.6 is 0 Å². The molecule has 36 heavy (non-hydrogen) atoms. The van der Waals surface area contributed by atoms with E-state index in [4.69, 9.17) is 9.10 Å². The van der Waals surface area contributed by atoms with Gasteiger partial charge < -0.3 is 15.0 Å². The number of ether oxygens (including phenoxy) is 1. The molecule has 0 aliphatic carbocycles. The second-order valence-corrected chi connectivity index (χ2v) is 10.9. The first-order valence-corrected chi connectivity index (χ1v) is 13.6. The number of nitrogens with one attached hydrogen (secondary N) is 1. The number of benzene rings is 2. The molecular weight excluding hydrogens is 481 g/mol. The number of anilines is 2. The maximum absolute atomic E-state index is 14.1. The Labute approximate surface area is 211 Å². The van der Waals surface area contributed by atoms with Crippen molar-refractivity contribution in [3.63, 3.8) is 0 Å². The molecule has 8 nitrogen and oxygen atoms in total. The Kier molecular flexibility index (Phi) is 7.22. The lowest BCUT2D eigenvalue weighted by atomic mass is 10.1. The number of Topliss-reactive ketones (excluding diaryl/α,β-unsaturated/α-hetero) is 1. The third-order valence-electron chi connectivity index (χ3n) is 6.39. The van der Waals surface area contributed by atoms with E-state index in [0.29, 0.717) is 37.4 Å². The van der Waals surface area contributed by atoms with Crippen LogP contribution in [-0.2, 0) is 20.3 Å². The van der Waals surface area contributed by atoms with Gasteiger partial charge in [-0.25, -0.2) is 18.7 Å². The topological polar surface area (TPSA) is 96.8 Å². The summed E-state index contributed by atoms with van der Waals surface area (Å²) in [5.41, 5.74) is 3.17. The second kappa shape index (κ2) is 10.7. The first-order valence-electron chi connectivity index (χ1n) is 12.1. The summed E-state index contributed by atoms with van der Waals surface area (Å²) in [6.45, 7) is 2.52. The monoisotopic (exact) mass is 509 g/mol. The zero-order valence-corrected chi connectivity index (χ0v) is 20.9. The summed E-state index contributed by atoms with van der Waals surface area (Å²) in [5.74, 6) is 2.51. The van der Waals surface area contributed by atoms with Gasteiger partial charge in [-0.1, -0.05) is 10.7 Å². The summed E-state index contributed by atoms with van der Waals surface area (Å²) >= 11 is 0. The SMILES string of the molecule is Cc1cc(N=S2CCCC2)cc2ncnc(Nc3ccc(F)cc3OCC(=O)N3CCC(=O)CC3)c12. The molecule has 0 radical (unpaired) electrons. The van der Waals surface area contributed by atoms with Crippen LogP contribution in [0.3, 0.4) is 0 Å². The zero-order valence-electron chi connectivity index (χ0n) is 20.1. The molecule has 2 aliphatic heterocycles. The van der Waals surface area contributed by atoms with Crippen LogP contribution in [0, 0.1) is 12.7 Å². The van der Waals surface area contributed by atoms with E-state index in [1.54, 1.807) is 11.0 Å². The van der Waals surface area contributed by atoms with Gasteiger partial charge in [0.2, 0.25) is 0 Å². The highest BCUT2D eigenvalue weighted by Crippen LogP contribution is 2.34. The average Bonchev–Trinajstić information content (AvgIpc) is 3.37. The molecule has 2 aliphatic rings. The van der Waals surface area contributed by atoms with Crippen LogP contribution in [0.15, 0.2) is 41.0 Å². The van der Waals surface area contributed by atoms with Crippen molar-refractivity contribution in [2.75, 3.05) is 36.5 Å². The number of carbonyl (C=O) groups excluding carboxylic acids is 2. The molecule has 2 aromatic carbocycles. The van der Waals surface area contributed by atoms with Gasteiger partial charge in [0, 0.05) is 48.9 Å². The van der Waals surface area contributed by atoms with Crippen molar-refractivity contribution in [3.05, 3.63) is 48.0 Å². The van der Waals surface area contributed by atoms with E-state index in [0.717, 1.165) is 33.7 Å². The maximum Gasteiger partial charge on any atom is 0.260 e. The molecule has 0 unspecified atom stereocenters. The normalized spacial score (nSPS) is 16.4. The number of fused-ring (bicyclic) bond motifs is 1. The van der Waals surface area contributed by atoms with Crippen molar-refractivity contribution in [1.82, 2.24) is 14.9 Å². The Morgan fingerprint density at radius 2 is 1.94 bits per heavy atom. The summed E-state index contributed by atoms with van der Waals surface area (Å²) in [4.78, 5) is 34.5. The summed E-state index contributed by atoms with van der Waals surface area (Å²) in [7, 11) is 0.0844. The van der Waals surface area contributed by atoms with E-state index in [-0.39, 0.29) is 34.7 Å². The van der Waals surface area contributed by atoms with Crippen molar-refractivity contribution in [2.24, 2.45) is 4.36 Å². The standard InChI is InChI=1S/C26H28FN5O3S/c1-17-12-19(31-36-10-2-3-11-36)14-22-25(17)26(29-16-28-22)30-21-5-4-18(27)13-23(21)35-15-24(34)32-8-6-20(33)7-9-32/h4-5,12-14,16H,2-3,6-11,15H2,1H3,(H,28,29,30). The predicted molar refractivity (Wildman–Crippen MR) is 139 cm³/mol. The molecular formula is C26H28FN5O3S. The van der Waals surface area contributed by atoms with Crippen LogP contribution in [0.4, 0.5) is 21.6 Å². The predicted octanol–water partition coefficient (Wildman–Crippen LogP) is 4.62. The van der Waals surface area contributed by atoms with Gasteiger partial charge in [-0.15, -0.1) is 0 Å². The number of carbonyl (C=O) groups is 2. The highest BCUT2D eigenvalue weighted by atomic mass is 32.2. The average molecular weight is 510 g/mol. The third-order valence-corrected chi connectivity index (χ3v) is 8.37. The fourth-order valence-electron chi connectivity index (χ4n) is 4.48. The molecule has 0 bridgehead atoms. The number of piperidine rings is 1. The highest BCUT2D eigenvalue weighted by molar-refractivity contribution is 7.87. The molecule has 1 N–H and O–H groups in total.